The zero-order chi connectivity index (χ0) is 23.9. The molecule has 0 saturated carbocycles. The molecule has 0 radical (unpaired) electrons. The Morgan fingerprint density at radius 3 is 2.59 bits per heavy atom. The normalized spacial score (nSPS) is 10.8. The standard InChI is InChI=1S/C26H27N5O2S/c1-3-4-7-19-9-12-21(13-10-19)31-29-23-14-11-20(16-24(23)30-31)27-26(34)28-25(32)17-33-22-8-5-6-18(2)15-22/h5-6,8-16H,3-4,7,17H2,1-2H3,(H2,27,28,32,34). The van der Waals surface area contributed by atoms with E-state index >= 15 is 0 Å². The summed E-state index contributed by atoms with van der Waals surface area (Å²) in [5.74, 6) is 0.298. The predicted octanol–water partition coefficient (Wildman–Crippen LogP) is 4.96. The summed E-state index contributed by atoms with van der Waals surface area (Å²) in [6, 6.07) is 21.4. The summed E-state index contributed by atoms with van der Waals surface area (Å²) in [4.78, 5) is 13.8. The number of aromatic nitrogens is 3. The molecule has 0 spiro atoms. The molecule has 0 atom stereocenters. The van der Waals surface area contributed by atoms with Crippen molar-refractivity contribution in [3.8, 4) is 11.4 Å². The largest absolute Gasteiger partial charge is 0.484 e. The number of nitrogens with one attached hydrogen (secondary N) is 2. The molecular weight excluding hydrogens is 446 g/mol. The Kier molecular flexibility index (Phi) is 7.49. The fraction of sp³-hybridized carbons (Fsp3) is 0.231. The van der Waals surface area contributed by atoms with Crippen LogP contribution in [0, 0.1) is 6.92 Å². The van der Waals surface area contributed by atoms with E-state index in [1.165, 1.54) is 18.4 Å². The van der Waals surface area contributed by atoms with E-state index in [1.54, 1.807) is 10.9 Å². The van der Waals surface area contributed by atoms with Gasteiger partial charge >= 0.3 is 0 Å². The Bertz CT molecular complexity index is 1300. The van der Waals surface area contributed by atoms with Crippen LogP contribution in [0.5, 0.6) is 5.75 Å². The second kappa shape index (κ2) is 10.9. The van der Waals surface area contributed by atoms with Crippen LogP contribution in [0.25, 0.3) is 16.7 Å². The van der Waals surface area contributed by atoms with Crippen molar-refractivity contribution in [1.29, 1.82) is 0 Å². The minimum absolute atomic E-state index is 0.129. The highest BCUT2D eigenvalue weighted by molar-refractivity contribution is 7.80. The number of aryl methyl sites for hydroxylation is 2. The van der Waals surface area contributed by atoms with Crippen LogP contribution in [0.15, 0.2) is 66.7 Å². The molecule has 2 N–H and O–H groups in total. The minimum atomic E-state index is -0.339. The van der Waals surface area contributed by atoms with Crippen LogP contribution in [0.3, 0.4) is 0 Å². The molecule has 8 heteroatoms. The molecule has 4 rings (SSSR count). The average molecular weight is 474 g/mol. The zero-order valence-electron chi connectivity index (χ0n) is 19.2. The number of carbonyl (C=O) groups excluding carboxylic acids is 1. The van der Waals surface area contributed by atoms with E-state index in [2.05, 4.69) is 39.9 Å². The van der Waals surface area contributed by atoms with E-state index in [-0.39, 0.29) is 17.6 Å². The van der Waals surface area contributed by atoms with Crippen LogP contribution >= 0.6 is 12.2 Å². The summed E-state index contributed by atoms with van der Waals surface area (Å²) in [5, 5.41) is 15.0. The first-order valence-corrected chi connectivity index (χ1v) is 11.7. The quantitative estimate of drug-likeness (QED) is 0.352. The lowest BCUT2D eigenvalue weighted by molar-refractivity contribution is -0.121. The molecule has 34 heavy (non-hydrogen) atoms. The number of rotatable bonds is 8. The number of fused-ring (bicyclic) bond motifs is 1. The lowest BCUT2D eigenvalue weighted by atomic mass is 10.1. The van der Waals surface area contributed by atoms with Crippen LogP contribution in [0.1, 0.15) is 30.9 Å². The molecule has 1 amide bonds. The molecule has 7 nitrogen and oxygen atoms in total. The van der Waals surface area contributed by atoms with Gasteiger partial charge in [0.25, 0.3) is 5.91 Å². The molecular formula is C26H27N5O2S. The van der Waals surface area contributed by atoms with Crippen molar-refractivity contribution in [3.05, 3.63) is 77.9 Å². The summed E-state index contributed by atoms with van der Waals surface area (Å²) in [5.41, 5.74) is 5.47. The third-order valence-corrected chi connectivity index (χ3v) is 5.44. The van der Waals surface area contributed by atoms with Crippen LogP contribution in [-0.4, -0.2) is 32.6 Å². The van der Waals surface area contributed by atoms with Gasteiger partial charge in [-0.1, -0.05) is 37.6 Å². The van der Waals surface area contributed by atoms with Gasteiger partial charge in [0.15, 0.2) is 11.7 Å². The van der Waals surface area contributed by atoms with Gasteiger partial charge in [0.1, 0.15) is 16.8 Å². The lowest BCUT2D eigenvalue weighted by Crippen LogP contribution is -2.37. The third-order valence-electron chi connectivity index (χ3n) is 5.24. The molecule has 1 aromatic heterocycles. The van der Waals surface area contributed by atoms with Gasteiger partial charge in [-0.3, -0.25) is 10.1 Å². The second-order valence-electron chi connectivity index (χ2n) is 8.07. The Morgan fingerprint density at radius 1 is 1.03 bits per heavy atom. The molecule has 0 unspecified atom stereocenters. The zero-order valence-corrected chi connectivity index (χ0v) is 20.1. The first-order valence-electron chi connectivity index (χ1n) is 11.3. The Labute approximate surface area is 204 Å². The number of hydrogen-bond donors (Lipinski definition) is 2. The Hall–Kier alpha value is -3.78. The van der Waals surface area contributed by atoms with Crippen molar-refractivity contribution >= 4 is 40.0 Å². The number of ether oxygens (including phenoxy) is 1. The van der Waals surface area contributed by atoms with Crippen molar-refractivity contribution in [1.82, 2.24) is 20.3 Å². The summed E-state index contributed by atoms with van der Waals surface area (Å²) < 4.78 is 5.51. The Balaban J connectivity index is 1.35. The number of unbranched alkanes of at least 4 members (excludes halogenated alkanes) is 1. The van der Waals surface area contributed by atoms with Gasteiger partial charge in [-0.25, -0.2) is 0 Å². The highest BCUT2D eigenvalue weighted by Crippen LogP contribution is 2.18. The maximum absolute atomic E-state index is 12.2. The molecule has 0 saturated heterocycles. The smallest absolute Gasteiger partial charge is 0.264 e. The van der Waals surface area contributed by atoms with Crippen molar-refractivity contribution in [2.45, 2.75) is 33.1 Å². The molecule has 174 valence electrons. The van der Waals surface area contributed by atoms with Gasteiger partial charge in [-0.2, -0.15) is 4.80 Å². The Morgan fingerprint density at radius 2 is 1.82 bits per heavy atom. The molecule has 0 fully saturated rings. The highest BCUT2D eigenvalue weighted by Gasteiger charge is 2.09. The van der Waals surface area contributed by atoms with Crippen LogP contribution in [0.4, 0.5) is 5.69 Å². The first kappa shape index (κ1) is 23.4. The number of nitrogens with zero attached hydrogens (tertiary/aromatic N) is 3. The number of amides is 1. The average Bonchev–Trinajstić information content (AvgIpc) is 3.25. The molecule has 4 aromatic rings. The molecule has 0 aliphatic rings. The topological polar surface area (TPSA) is 81.1 Å². The van der Waals surface area contributed by atoms with Gasteiger partial charge in [-0.05, 0) is 85.6 Å². The second-order valence-corrected chi connectivity index (χ2v) is 8.48. The number of thiocarbonyl (C=S) groups is 1. The minimum Gasteiger partial charge on any atom is -0.484 e. The molecule has 0 aliphatic heterocycles. The summed E-state index contributed by atoms with van der Waals surface area (Å²) in [6.45, 7) is 4.03. The van der Waals surface area contributed by atoms with E-state index in [1.807, 2.05) is 55.5 Å². The highest BCUT2D eigenvalue weighted by atomic mass is 32.1. The molecule has 0 aliphatic carbocycles. The number of anilines is 1. The monoisotopic (exact) mass is 473 g/mol. The van der Waals surface area contributed by atoms with E-state index in [4.69, 9.17) is 17.0 Å². The number of carbonyl (C=O) groups is 1. The van der Waals surface area contributed by atoms with Crippen molar-refractivity contribution in [3.63, 3.8) is 0 Å². The molecule has 1 heterocycles. The van der Waals surface area contributed by atoms with E-state index in [9.17, 15) is 4.79 Å². The lowest BCUT2D eigenvalue weighted by Gasteiger charge is -2.10. The summed E-state index contributed by atoms with van der Waals surface area (Å²) in [7, 11) is 0. The van der Waals surface area contributed by atoms with Crippen LogP contribution < -0.4 is 15.4 Å². The fourth-order valence-electron chi connectivity index (χ4n) is 3.46. The SMILES string of the molecule is CCCCc1ccc(-n2nc3ccc(NC(=S)NC(=O)COc4cccc(C)c4)cc3n2)cc1. The summed E-state index contributed by atoms with van der Waals surface area (Å²) in [6.07, 6.45) is 3.44. The third kappa shape index (κ3) is 6.17. The summed E-state index contributed by atoms with van der Waals surface area (Å²) >= 11 is 5.27. The first-order chi connectivity index (χ1) is 16.5. The maximum atomic E-state index is 12.2. The molecule has 3 aromatic carbocycles. The van der Waals surface area contributed by atoms with Crippen LogP contribution in [-0.2, 0) is 11.2 Å². The molecule has 0 bridgehead atoms. The van der Waals surface area contributed by atoms with Crippen LogP contribution in [0.2, 0.25) is 0 Å². The fourth-order valence-corrected chi connectivity index (χ4v) is 3.70. The van der Waals surface area contributed by atoms with Gasteiger partial charge < -0.3 is 10.1 Å². The van der Waals surface area contributed by atoms with Crippen molar-refractivity contribution < 1.29 is 9.53 Å². The number of benzene rings is 3. The van der Waals surface area contributed by atoms with Gasteiger partial charge in [0.2, 0.25) is 0 Å². The maximum Gasteiger partial charge on any atom is 0.264 e. The van der Waals surface area contributed by atoms with Gasteiger partial charge in [0, 0.05) is 5.69 Å². The van der Waals surface area contributed by atoms with E-state index in [0.29, 0.717) is 11.4 Å². The van der Waals surface area contributed by atoms with E-state index in [0.717, 1.165) is 28.7 Å². The van der Waals surface area contributed by atoms with Gasteiger partial charge in [0.05, 0.1) is 5.69 Å². The van der Waals surface area contributed by atoms with Crippen molar-refractivity contribution in [2.75, 3.05) is 11.9 Å². The van der Waals surface area contributed by atoms with Gasteiger partial charge in [-0.15, -0.1) is 10.2 Å². The van der Waals surface area contributed by atoms with E-state index < -0.39 is 0 Å². The number of hydrogen-bond acceptors (Lipinski definition) is 5. The van der Waals surface area contributed by atoms with Crippen molar-refractivity contribution in [2.24, 2.45) is 0 Å². The predicted molar refractivity (Wildman–Crippen MR) is 139 cm³/mol.